The molecular weight excluding hydrogens is 260 g/mol. The molecule has 1 amide bonds. The summed E-state index contributed by atoms with van der Waals surface area (Å²) < 4.78 is 0. The second-order valence-electron chi connectivity index (χ2n) is 5.85. The Morgan fingerprint density at radius 2 is 2.21 bits per heavy atom. The van der Waals surface area contributed by atoms with Crippen molar-refractivity contribution in [1.29, 1.82) is 0 Å². The molecule has 1 aromatic rings. The van der Waals surface area contributed by atoms with Crippen molar-refractivity contribution >= 4 is 23.2 Å². The van der Waals surface area contributed by atoms with Crippen LogP contribution in [-0.4, -0.2) is 12.5 Å². The van der Waals surface area contributed by atoms with Crippen LogP contribution < -0.4 is 11.1 Å². The normalized spacial score (nSPS) is 28.6. The molecule has 2 aliphatic rings. The van der Waals surface area contributed by atoms with Gasteiger partial charge in [0.1, 0.15) is 0 Å². The van der Waals surface area contributed by atoms with Crippen LogP contribution >= 0.6 is 11.6 Å². The molecule has 3 rings (SSSR count). The Labute approximate surface area is 118 Å². The van der Waals surface area contributed by atoms with Crippen molar-refractivity contribution in [2.75, 3.05) is 12.3 Å². The number of nitrogens with two attached hydrogens (primary N) is 1. The SMILES string of the molecule is Nc1cccc(Cl)c1C(=O)NCC1CC2CCC1C2. The molecule has 4 heteroatoms. The van der Waals surface area contributed by atoms with E-state index in [-0.39, 0.29) is 5.91 Å². The Balaban J connectivity index is 1.63. The first kappa shape index (κ1) is 12.8. The zero-order valence-corrected chi connectivity index (χ0v) is 11.6. The van der Waals surface area contributed by atoms with E-state index in [1.54, 1.807) is 18.2 Å². The fourth-order valence-corrected chi connectivity index (χ4v) is 3.99. The summed E-state index contributed by atoms with van der Waals surface area (Å²) in [4.78, 5) is 12.2. The van der Waals surface area contributed by atoms with Crippen LogP contribution in [0.15, 0.2) is 18.2 Å². The van der Waals surface area contributed by atoms with Gasteiger partial charge < -0.3 is 11.1 Å². The molecule has 0 aromatic heterocycles. The molecule has 0 heterocycles. The number of hydrogen-bond donors (Lipinski definition) is 2. The first-order valence-corrected chi connectivity index (χ1v) is 7.35. The Bertz CT molecular complexity index is 483. The van der Waals surface area contributed by atoms with E-state index >= 15 is 0 Å². The van der Waals surface area contributed by atoms with Crippen molar-refractivity contribution in [2.24, 2.45) is 17.8 Å². The van der Waals surface area contributed by atoms with E-state index in [1.165, 1.54) is 25.7 Å². The van der Waals surface area contributed by atoms with E-state index in [4.69, 9.17) is 17.3 Å². The van der Waals surface area contributed by atoms with Gasteiger partial charge in [0, 0.05) is 12.2 Å². The van der Waals surface area contributed by atoms with Gasteiger partial charge in [0.25, 0.3) is 5.91 Å². The van der Waals surface area contributed by atoms with Gasteiger partial charge in [0.2, 0.25) is 0 Å². The van der Waals surface area contributed by atoms with Gasteiger partial charge >= 0.3 is 0 Å². The third-order valence-corrected chi connectivity index (χ3v) is 5.00. The fourth-order valence-electron chi connectivity index (χ4n) is 3.72. The number of nitrogen functional groups attached to an aromatic ring is 1. The second kappa shape index (κ2) is 5.04. The lowest BCUT2D eigenvalue weighted by atomic mass is 9.89. The number of amides is 1. The first-order valence-electron chi connectivity index (χ1n) is 6.97. The molecule has 0 spiro atoms. The highest BCUT2D eigenvalue weighted by Crippen LogP contribution is 2.47. The molecule has 2 bridgehead atoms. The van der Waals surface area contributed by atoms with E-state index in [9.17, 15) is 4.79 Å². The summed E-state index contributed by atoms with van der Waals surface area (Å²) in [7, 11) is 0. The molecule has 3 nitrogen and oxygen atoms in total. The van der Waals surface area contributed by atoms with Crippen LogP contribution in [0.2, 0.25) is 5.02 Å². The van der Waals surface area contributed by atoms with Gasteiger partial charge in [0.05, 0.1) is 10.6 Å². The summed E-state index contributed by atoms with van der Waals surface area (Å²) in [5.41, 5.74) is 6.67. The third kappa shape index (κ3) is 2.44. The molecule has 2 fully saturated rings. The molecule has 3 unspecified atom stereocenters. The van der Waals surface area contributed by atoms with Crippen molar-refractivity contribution in [3.05, 3.63) is 28.8 Å². The third-order valence-electron chi connectivity index (χ3n) is 4.68. The molecule has 2 saturated carbocycles. The molecule has 3 atom stereocenters. The van der Waals surface area contributed by atoms with E-state index in [2.05, 4.69) is 5.32 Å². The van der Waals surface area contributed by atoms with E-state index < -0.39 is 0 Å². The van der Waals surface area contributed by atoms with Crippen LogP contribution in [0.1, 0.15) is 36.0 Å². The molecule has 0 aliphatic heterocycles. The van der Waals surface area contributed by atoms with Crippen LogP contribution in [0.25, 0.3) is 0 Å². The molecule has 0 saturated heterocycles. The Kier molecular flexibility index (Phi) is 3.40. The summed E-state index contributed by atoms with van der Waals surface area (Å²) in [6, 6.07) is 5.16. The lowest BCUT2D eigenvalue weighted by Crippen LogP contribution is -2.32. The lowest BCUT2D eigenvalue weighted by molar-refractivity contribution is 0.0943. The first-order chi connectivity index (χ1) is 9.15. The largest absolute Gasteiger partial charge is 0.398 e. The lowest BCUT2D eigenvalue weighted by Gasteiger charge is -2.22. The molecule has 3 N–H and O–H groups in total. The maximum Gasteiger partial charge on any atom is 0.254 e. The number of carbonyl (C=O) groups is 1. The predicted molar refractivity (Wildman–Crippen MR) is 77.1 cm³/mol. The Morgan fingerprint density at radius 3 is 2.84 bits per heavy atom. The highest BCUT2D eigenvalue weighted by Gasteiger charge is 2.39. The van der Waals surface area contributed by atoms with Crippen LogP contribution in [0.5, 0.6) is 0 Å². The number of hydrogen-bond acceptors (Lipinski definition) is 2. The minimum absolute atomic E-state index is 0.147. The number of carbonyl (C=O) groups excluding carboxylic acids is 1. The molecule has 1 aromatic carbocycles. The minimum atomic E-state index is -0.147. The zero-order valence-electron chi connectivity index (χ0n) is 10.9. The van der Waals surface area contributed by atoms with Gasteiger partial charge in [-0.3, -0.25) is 4.79 Å². The van der Waals surface area contributed by atoms with Crippen molar-refractivity contribution in [2.45, 2.75) is 25.7 Å². The van der Waals surface area contributed by atoms with Gasteiger partial charge in [-0.1, -0.05) is 24.1 Å². The number of nitrogens with one attached hydrogen (secondary N) is 1. The average molecular weight is 279 g/mol. The molecule has 2 aliphatic carbocycles. The van der Waals surface area contributed by atoms with Crippen molar-refractivity contribution in [3.63, 3.8) is 0 Å². The van der Waals surface area contributed by atoms with Crippen LogP contribution in [0.4, 0.5) is 5.69 Å². The van der Waals surface area contributed by atoms with E-state index in [0.29, 0.717) is 22.2 Å². The Morgan fingerprint density at radius 1 is 1.37 bits per heavy atom. The van der Waals surface area contributed by atoms with E-state index in [1.807, 2.05) is 0 Å². The standard InChI is InChI=1S/C15H19ClN2O/c16-12-2-1-3-13(17)14(12)15(19)18-8-11-7-9-4-5-10(11)6-9/h1-3,9-11H,4-8,17H2,(H,18,19). The smallest absolute Gasteiger partial charge is 0.254 e. The second-order valence-corrected chi connectivity index (χ2v) is 6.26. The number of benzene rings is 1. The van der Waals surface area contributed by atoms with E-state index in [0.717, 1.165) is 18.4 Å². The summed E-state index contributed by atoms with van der Waals surface area (Å²) >= 11 is 6.04. The molecule has 0 radical (unpaired) electrons. The summed E-state index contributed by atoms with van der Waals surface area (Å²) in [6.45, 7) is 0.755. The number of anilines is 1. The van der Waals surface area contributed by atoms with Crippen molar-refractivity contribution in [3.8, 4) is 0 Å². The molecular formula is C15H19ClN2O. The molecule has 19 heavy (non-hydrogen) atoms. The summed E-state index contributed by atoms with van der Waals surface area (Å²) in [6.07, 6.45) is 5.34. The maximum atomic E-state index is 12.2. The van der Waals surface area contributed by atoms with Gasteiger partial charge in [-0.15, -0.1) is 0 Å². The fraction of sp³-hybridized carbons (Fsp3) is 0.533. The van der Waals surface area contributed by atoms with Gasteiger partial charge in [-0.2, -0.15) is 0 Å². The zero-order chi connectivity index (χ0) is 13.4. The monoisotopic (exact) mass is 278 g/mol. The summed E-state index contributed by atoms with van der Waals surface area (Å²) in [5.74, 6) is 2.21. The minimum Gasteiger partial charge on any atom is -0.398 e. The number of fused-ring (bicyclic) bond motifs is 2. The topological polar surface area (TPSA) is 55.1 Å². The number of rotatable bonds is 3. The van der Waals surface area contributed by atoms with Crippen molar-refractivity contribution < 1.29 is 4.79 Å². The molecule has 102 valence electrons. The maximum absolute atomic E-state index is 12.2. The summed E-state index contributed by atoms with van der Waals surface area (Å²) in [5, 5.41) is 3.43. The van der Waals surface area contributed by atoms with Crippen molar-refractivity contribution in [1.82, 2.24) is 5.32 Å². The van der Waals surface area contributed by atoms with Gasteiger partial charge in [-0.25, -0.2) is 0 Å². The predicted octanol–water partition coefficient (Wildman–Crippen LogP) is 3.09. The highest BCUT2D eigenvalue weighted by molar-refractivity contribution is 6.34. The number of halogens is 1. The quantitative estimate of drug-likeness (QED) is 0.835. The van der Waals surface area contributed by atoms with Crippen LogP contribution in [0, 0.1) is 17.8 Å². The van der Waals surface area contributed by atoms with Gasteiger partial charge in [-0.05, 0) is 49.1 Å². The van der Waals surface area contributed by atoms with Gasteiger partial charge in [0.15, 0.2) is 0 Å². The highest BCUT2D eigenvalue weighted by atomic mass is 35.5. The Hall–Kier alpha value is -1.22. The average Bonchev–Trinajstić information content (AvgIpc) is 2.98. The van der Waals surface area contributed by atoms with Crippen LogP contribution in [-0.2, 0) is 0 Å². The van der Waals surface area contributed by atoms with Crippen LogP contribution in [0.3, 0.4) is 0 Å².